The van der Waals surface area contributed by atoms with Gasteiger partial charge < -0.3 is 5.32 Å². The minimum absolute atomic E-state index is 0.641. The maximum absolute atomic E-state index is 3.48. The van der Waals surface area contributed by atoms with Crippen LogP contribution in [0.5, 0.6) is 0 Å². The average Bonchev–Trinajstić information content (AvgIpc) is 3.03. The topological polar surface area (TPSA) is 18.5 Å². The normalized spacial score (nSPS) is 26.8. The first-order valence-corrected chi connectivity index (χ1v) is 6.49. The number of nitrogens with zero attached hydrogens (tertiary/aromatic N) is 2. The zero-order chi connectivity index (χ0) is 10.7. The molecule has 0 spiro atoms. The largest absolute Gasteiger partial charge is 0.313 e. The molecule has 0 amide bonds. The van der Waals surface area contributed by atoms with Crippen LogP contribution in [0.25, 0.3) is 0 Å². The van der Waals surface area contributed by atoms with E-state index in [1.807, 2.05) is 0 Å². The van der Waals surface area contributed by atoms with Crippen LogP contribution in [-0.4, -0.2) is 61.2 Å². The third-order valence-corrected chi connectivity index (χ3v) is 3.55. The summed E-state index contributed by atoms with van der Waals surface area (Å²) in [6, 6.07) is 1.60. The van der Waals surface area contributed by atoms with E-state index in [9.17, 15) is 0 Å². The van der Waals surface area contributed by atoms with Gasteiger partial charge in [-0.15, -0.1) is 0 Å². The number of hydrogen-bond donors (Lipinski definition) is 1. The molecule has 0 aromatic rings. The third kappa shape index (κ3) is 3.44. The Balaban J connectivity index is 1.64. The number of hydrogen-bond acceptors (Lipinski definition) is 3. The molecule has 0 aromatic heterocycles. The summed E-state index contributed by atoms with van der Waals surface area (Å²) in [6.07, 6.45) is 2.90. The molecular weight excluding hydrogens is 186 g/mol. The Morgan fingerprint density at radius 2 is 1.87 bits per heavy atom. The van der Waals surface area contributed by atoms with Crippen LogP contribution in [0.15, 0.2) is 0 Å². The summed E-state index contributed by atoms with van der Waals surface area (Å²) in [5, 5.41) is 3.48. The minimum atomic E-state index is 0.641. The molecule has 0 aromatic carbocycles. The Morgan fingerprint density at radius 1 is 1.20 bits per heavy atom. The van der Waals surface area contributed by atoms with Gasteiger partial charge in [-0.2, -0.15) is 0 Å². The van der Waals surface area contributed by atoms with Crippen molar-refractivity contribution < 1.29 is 0 Å². The Hall–Kier alpha value is -0.120. The van der Waals surface area contributed by atoms with Gasteiger partial charge in [-0.3, -0.25) is 9.80 Å². The van der Waals surface area contributed by atoms with Crippen molar-refractivity contribution in [2.75, 3.05) is 39.3 Å². The molecule has 1 heterocycles. The Morgan fingerprint density at radius 3 is 2.40 bits per heavy atom. The SMILES string of the molecule is CCNC(C)CN1CCN(C2CC2)CC1. The molecule has 2 rings (SSSR count). The summed E-state index contributed by atoms with van der Waals surface area (Å²) in [4.78, 5) is 5.28. The first kappa shape index (κ1) is 11.4. The Kier molecular flexibility index (Phi) is 4.00. The van der Waals surface area contributed by atoms with Gasteiger partial charge in [0, 0.05) is 44.8 Å². The molecule has 3 heteroatoms. The van der Waals surface area contributed by atoms with Crippen LogP contribution < -0.4 is 5.32 Å². The molecule has 1 unspecified atom stereocenters. The van der Waals surface area contributed by atoms with Gasteiger partial charge in [0.1, 0.15) is 0 Å². The van der Waals surface area contributed by atoms with E-state index in [-0.39, 0.29) is 0 Å². The van der Waals surface area contributed by atoms with Gasteiger partial charge in [0.25, 0.3) is 0 Å². The van der Waals surface area contributed by atoms with E-state index in [0.29, 0.717) is 6.04 Å². The number of piperazine rings is 1. The van der Waals surface area contributed by atoms with E-state index in [4.69, 9.17) is 0 Å². The average molecular weight is 211 g/mol. The molecule has 2 aliphatic rings. The smallest absolute Gasteiger partial charge is 0.0166 e. The lowest BCUT2D eigenvalue weighted by Crippen LogP contribution is -2.50. The summed E-state index contributed by atoms with van der Waals surface area (Å²) in [5.41, 5.74) is 0. The maximum Gasteiger partial charge on any atom is 0.0166 e. The zero-order valence-electron chi connectivity index (χ0n) is 10.2. The minimum Gasteiger partial charge on any atom is -0.313 e. The van der Waals surface area contributed by atoms with Gasteiger partial charge in [0.05, 0.1) is 0 Å². The zero-order valence-corrected chi connectivity index (χ0v) is 10.2. The standard InChI is InChI=1S/C12H25N3/c1-3-13-11(2)10-14-6-8-15(9-7-14)12-4-5-12/h11-13H,3-10H2,1-2H3. The Labute approximate surface area is 93.8 Å². The van der Waals surface area contributed by atoms with Gasteiger partial charge in [-0.25, -0.2) is 0 Å². The second-order valence-corrected chi connectivity index (χ2v) is 5.03. The fourth-order valence-corrected chi connectivity index (χ4v) is 2.55. The lowest BCUT2D eigenvalue weighted by Gasteiger charge is -2.36. The van der Waals surface area contributed by atoms with Crippen molar-refractivity contribution in [3.63, 3.8) is 0 Å². The van der Waals surface area contributed by atoms with Crippen LogP contribution in [-0.2, 0) is 0 Å². The molecule has 2 fully saturated rings. The highest BCUT2D eigenvalue weighted by Gasteiger charge is 2.31. The van der Waals surface area contributed by atoms with Crippen molar-refractivity contribution in [3.8, 4) is 0 Å². The first-order chi connectivity index (χ1) is 7.29. The van der Waals surface area contributed by atoms with Crippen molar-refractivity contribution in [2.45, 2.75) is 38.8 Å². The molecule has 1 aliphatic heterocycles. The van der Waals surface area contributed by atoms with E-state index in [1.54, 1.807) is 0 Å². The summed E-state index contributed by atoms with van der Waals surface area (Å²) in [6.45, 7) is 11.9. The highest BCUT2D eigenvalue weighted by Crippen LogP contribution is 2.27. The van der Waals surface area contributed by atoms with E-state index in [2.05, 4.69) is 29.0 Å². The van der Waals surface area contributed by atoms with Gasteiger partial charge in [0.2, 0.25) is 0 Å². The predicted molar refractivity (Wildman–Crippen MR) is 64.2 cm³/mol. The van der Waals surface area contributed by atoms with Crippen LogP contribution in [0.2, 0.25) is 0 Å². The monoisotopic (exact) mass is 211 g/mol. The predicted octanol–water partition coefficient (Wildman–Crippen LogP) is 0.764. The second kappa shape index (κ2) is 5.28. The summed E-state index contributed by atoms with van der Waals surface area (Å²) >= 11 is 0. The van der Waals surface area contributed by atoms with Crippen molar-refractivity contribution >= 4 is 0 Å². The van der Waals surface area contributed by atoms with E-state index in [1.165, 1.54) is 45.6 Å². The number of rotatable bonds is 5. The molecule has 88 valence electrons. The van der Waals surface area contributed by atoms with E-state index in [0.717, 1.165) is 12.6 Å². The molecule has 0 bridgehead atoms. The van der Waals surface area contributed by atoms with E-state index < -0.39 is 0 Å². The van der Waals surface area contributed by atoms with Crippen LogP contribution in [0.1, 0.15) is 26.7 Å². The highest BCUT2D eigenvalue weighted by molar-refractivity contribution is 4.87. The van der Waals surface area contributed by atoms with Crippen molar-refractivity contribution in [1.82, 2.24) is 15.1 Å². The number of nitrogens with one attached hydrogen (secondary N) is 1. The fraction of sp³-hybridized carbons (Fsp3) is 1.00. The highest BCUT2D eigenvalue weighted by atomic mass is 15.3. The molecule has 1 aliphatic carbocycles. The summed E-state index contributed by atoms with van der Waals surface area (Å²) in [5.74, 6) is 0. The lowest BCUT2D eigenvalue weighted by molar-refractivity contribution is 0.119. The molecule has 0 radical (unpaired) electrons. The fourth-order valence-electron chi connectivity index (χ4n) is 2.55. The number of likely N-dealkylation sites (N-methyl/N-ethyl adjacent to an activating group) is 1. The first-order valence-electron chi connectivity index (χ1n) is 6.49. The second-order valence-electron chi connectivity index (χ2n) is 5.03. The van der Waals surface area contributed by atoms with Crippen molar-refractivity contribution in [3.05, 3.63) is 0 Å². The van der Waals surface area contributed by atoms with Gasteiger partial charge in [-0.1, -0.05) is 6.92 Å². The lowest BCUT2D eigenvalue weighted by atomic mass is 10.2. The molecule has 15 heavy (non-hydrogen) atoms. The Bertz CT molecular complexity index is 183. The van der Waals surface area contributed by atoms with Gasteiger partial charge >= 0.3 is 0 Å². The van der Waals surface area contributed by atoms with Gasteiger partial charge in [0.15, 0.2) is 0 Å². The van der Waals surface area contributed by atoms with Crippen molar-refractivity contribution in [2.24, 2.45) is 0 Å². The third-order valence-electron chi connectivity index (χ3n) is 3.55. The van der Waals surface area contributed by atoms with Gasteiger partial charge in [-0.05, 0) is 26.3 Å². The molecule has 1 atom stereocenters. The van der Waals surface area contributed by atoms with Crippen LogP contribution >= 0.6 is 0 Å². The van der Waals surface area contributed by atoms with E-state index >= 15 is 0 Å². The molecule has 1 N–H and O–H groups in total. The molecule has 1 saturated carbocycles. The summed E-state index contributed by atoms with van der Waals surface area (Å²) < 4.78 is 0. The van der Waals surface area contributed by atoms with Crippen LogP contribution in [0.3, 0.4) is 0 Å². The molecular formula is C12H25N3. The molecule has 3 nitrogen and oxygen atoms in total. The van der Waals surface area contributed by atoms with Crippen LogP contribution in [0, 0.1) is 0 Å². The summed E-state index contributed by atoms with van der Waals surface area (Å²) in [7, 11) is 0. The van der Waals surface area contributed by atoms with Crippen molar-refractivity contribution in [1.29, 1.82) is 0 Å². The quantitative estimate of drug-likeness (QED) is 0.724. The van der Waals surface area contributed by atoms with Crippen LogP contribution in [0.4, 0.5) is 0 Å². The molecule has 1 saturated heterocycles. The maximum atomic E-state index is 3.48.